The third kappa shape index (κ3) is 3.84. The van der Waals surface area contributed by atoms with Crippen LogP contribution in [-0.4, -0.2) is 11.7 Å². The van der Waals surface area contributed by atoms with Crippen LogP contribution in [0.4, 0.5) is 0 Å². The van der Waals surface area contributed by atoms with Gasteiger partial charge in [0.15, 0.2) is 0 Å². The highest BCUT2D eigenvalue weighted by atomic mass is 35.5. The normalized spacial score (nSPS) is 12.3. The molecule has 1 unspecified atom stereocenters. The Balaban J connectivity index is 1.81. The van der Waals surface area contributed by atoms with Crippen LogP contribution in [0.15, 0.2) is 54.6 Å². The van der Waals surface area contributed by atoms with E-state index in [9.17, 15) is 5.11 Å². The first kappa shape index (κ1) is 13.1. The van der Waals surface area contributed by atoms with Gasteiger partial charge in [-0.15, -0.1) is 0 Å². The second-order valence-electron chi connectivity index (χ2n) is 4.07. The van der Waals surface area contributed by atoms with Crippen molar-refractivity contribution in [2.75, 3.05) is 6.61 Å². The van der Waals surface area contributed by atoms with E-state index in [-0.39, 0.29) is 6.61 Å². The van der Waals surface area contributed by atoms with E-state index in [0.717, 1.165) is 11.1 Å². The van der Waals surface area contributed by atoms with Crippen LogP contribution in [0.3, 0.4) is 0 Å². The summed E-state index contributed by atoms with van der Waals surface area (Å²) in [6, 6.07) is 17.0. The molecule has 0 aromatic heterocycles. The van der Waals surface area contributed by atoms with Crippen molar-refractivity contribution in [3.05, 3.63) is 70.7 Å². The van der Waals surface area contributed by atoms with E-state index in [1.807, 2.05) is 30.3 Å². The predicted molar refractivity (Wildman–Crippen MR) is 72.5 cm³/mol. The van der Waals surface area contributed by atoms with Gasteiger partial charge in [0.2, 0.25) is 0 Å². The van der Waals surface area contributed by atoms with Crippen molar-refractivity contribution in [2.45, 2.75) is 12.7 Å². The van der Waals surface area contributed by atoms with Crippen LogP contribution in [-0.2, 0) is 11.3 Å². The summed E-state index contributed by atoms with van der Waals surface area (Å²) in [5.41, 5.74) is 1.91. The average molecular weight is 263 g/mol. The molecule has 3 heteroatoms. The van der Waals surface area contributed by atoms with Crippen molar-refractivity contribution in [3.8, 4) is 0 Å². The van der Waals surface area contributed by atoms with Gasteiger partial charge < -0.3 is 9.84 Å². The molecule has 0 aliphatic carbocycles. The Labute approximate surface area is 112 Å². The first-order valence-corrected chi connectivity index (χ1v) is 6.19. The van der Waals surface area contributed by atoms with Crippen LogP contribution in [0.2, 0.25) is 5.02 Å². The molecular formula is C15H15ClO2. The fraction of sp³-hybridized carbons (Fsp3) is 0.200. The molecule has 0 bridgehead atoms. The summed E-state index contributed by atoms with van der Waals surface area (Å²) in [4.78, 5) is 0. The van der Waals surface area contributed by atoms with Crippen molar-refractivity contribution in [1.82, 2.24) is 0 Å². The van der Waals surface area contributed by atoms with Gasteiger partial charge in [-0.3, -0.25) is 0 Å². The predicted octanol–water partition coefficient (Wildman–Crippen LogP) is 3.59. The number of benzene rings is 2. The molecule has 94 valence electrons. The highest BCUT2D eigenvalue weighted by Crippen LogP contribution is 2.17. The lowest BCUT2D eigenvalue weighted by molar-refractivity contribution is 0.0277. The second kappa shape index (κ2) is 6.55. The number of rotatable bonds is 5. The number of halogens is 1. The standard InChI is InChI=1S/C15H15ClO2/c16-14-8-6-13(7-9-14)15(17)11-18-10-12-4-2-1-3-5-12/h1-9,15,17H,10-11H2. The first-order valence-electron chi connectivity index (χ1n) is 5.81. The Kier molecular flexibility index (Phi) is 4.76. The molecule has 2 rings (SSSR count). The van der Waals surface area contributed by atoms with E-state index in [1.54, 1.807) is 24.3 Å². The Hall–Kier alpha value is -1.35. The van der Waals surface area contributed by atoms with E-state index in [0.29, 0.717) is 11.6 Å². The molecular weight excluding hydrogens is 248 g/mol. The minimum atomic E-state index is -0.619. The third-order valence-electron chi connectivity index (χ3n) is 2.64. The maximum Gasteiger partial charge on any atom is 0.102 e. The van der Waals surface area contributed by atoms with E-state index >= 15 is 0 Å². The molecule has 2 nitrogen and oxygen atoms in total. The summed E-state index contributed by atoms with van der Waals surface area (Å²) < 4.78 is 5.48. The van der Waals surface area contributed by atoms with E-state index in [4.69, 9.17) is 16.3 Å². The molecule has 2 aromatic carbocycles. The molecule has 18 heavy (non-hydrogen) atoms. The second-order valence-corrected chi connectivity index (χ2v) is 4.50. The Morgan fingerprint density at radius 3 is 2.33 bits per heavy atom. The van der Waals surface area contributed by atoms with Gasteiger partial charge in [-0.25, -0.2) is 0 Å². The largest absolute Gasteiger partial charge is 0.386 e. The lowest BCUT2D eigenvalue weighted by Crippen LogP contribution is -2.07. The number of ether oxygens (including phenoxy) is 1. The highest BCUT2D eigenvalue weighted by molar-refractivity contribution is 6.30. The van der Waals surface area contributed by atoms with Crippen molar-refractivity contribution in [2.24, 2.45) is 0 Å². The van der Waals surface area contributed by atoms with E-state index in [1.165, 1.54) is 0 Å². The molecule has 0 amide bonds. The van der Waals surface area contributed by atoms with Gasteiger partial charge in [0, 0.05) is 5.02 Å². The summed E-state index contributed by atoms with van der Waals surface area (Å²) >= 11 is 5.79. The molecule has 0 spiro atoms. The summed E-state index contributed by atoms with van der Waals surface area (Å²) in [6.07, 6.45) is -0.619. The zero-order valence-corrected chi connectivity index (χ0v) is 10.7. The monoisotopic (exact) mass is 262 g/mol. The van der Waals surface area contributed by atoms with Crippen LogP contribution in [0, 0.1) is 0 Å². The Morgan fingerprint density at radius 2 is 1.67 bits per heavy atom. The fourth-order valence-corrected chi connectivity index (χ4v) is 1.77. The van der Waals surface area contributed by atoms with Gasteiger partial charge in [0.25, 0.3) is 0 Å². The smallest absolute Gasteiger partial charge is 0.102 e. The maximum absolute atomic E-state index is 9.92. The summed E-state index contributed by atoms with van der Waals surface area (Å²) in [6.45, 7) is 0.780. The molecule has 0 aliphatic heterocycles. The molecule has 0 saturated carbocycles. The quantitative estimate of drug-likeness (QED) is 0.892. The lowest BCUT2D eigenvalue weighted by Gasteiger charge is -2.11. The van der Waals surface area contributed by atoms with Gasteiger partial charge in [0.1, 0.15) is 6.10 Å². The van der Waals surface area contributed by atoms with Crippen LogP contribution >= 0.6 is 11.6 Å². The van der Waals surface area contributed by atoms with Crippen LogP contribution in [0.25, 0.3) is 0 Å². The van der Waals surface area contributed by atoms with Crippen LogP contribution in [0.5, 0.6) is 0 Å². The summed E-state index contributed by atoms with van der Waals surface area (Å²) in [5.74, 6) is 0. The van der Waals surface area contributed by atoms with E-state index < -0.39 is 6.10 Å². The van der Waals surface area contributed by atoms with Gasteiger partial charge in [0.05, 0.1) is 13.2 Å². The van der Waals surface area contributed by atoms with E-state index in [2.05, 4.69) is 0 Å². The molecule has 0 saturated heterocycles. The van der Waals surface area contributed by atoms with Crippen molar-refractivity contribution >= 4 is 11.6 Å². The Bertz CT molecular complexity index is 468. The molecule has 0 fully saturated rings. The number of hydrogen-bond acceptors (Lipinski definition) is 2. The zero-order valence-electron chi connectivity index (χ0n) is 9.92. The van der Waals surface area contributed by atoms with Crippen molar-refractivity contribution in [3.63, 3.8) is 0 Å². The molecule has 2 aromatic rings. The zero-order chi connectivity index (χ0) is 12.8. The van der Waals surface area contributed by atoms with Crippen molar-refractivity contribution in [1.29, 1.82) is 0 Å². The summed E-state index contributed by atoms with van der Waals surface area (Å²) in [7, 11) is 0. The van der Waals surface area contributed by atoms with Gasteiger partial charge in [-0.05, 0) is 23.3 Å². The average Bonchev–Trinajstić information content (AvgIpc) is 2.40. The number of aliphatic hydroxyl groups is 1. The summed E-state index contributed by atoms with van der Waals surface area (Å²) in [5, 5.41) is 10.6. The molecule has 0 aliphatic rings. The van der Waals surface area contributed by atoms with Crippen LogP contribution in [0.1, 0.15) is 17.2 Å². The third-order valence-corrected chi connectivity index (χ3v) is 2.89. The topological polar surface area (TPSA) is 29.5 Å². The minimum Gasteiger partial charge on any atom is -0.386 e. The number of aliphatic hydroxyl groups excluding tert-OH is 1. The molecule has 1 N–H and O–H groups in total. The molecule has 0 heterocycles. The Morgan fingerprint density at radius 1 is 1.00 bits per heavy atom. The highest BCUT2D eigenvalue weighted by Gasteiger charge is 2.07. The number of hydrogen-bond donors (Lipinski definition) is 1. The fourth-order valence-electron chi connectivity index (χ4n) is 1.64. The SMILES string of the molecule is OC(COCc1ccccc1)c1ccc(Cl)cc1. The van der Waals surface area contributed by atoms with Crippen LogP contribution < -0.4 is 0 Å². The van der Waals surface area contributed by atoms with Gasteiger partial charge in [-0.1, -0.05) is 54.1 Å². The maximum atomic E-state index is 9.92. The molecule has 0 radical (unpaired) electrons. The lowest BCUT2D eigenvalue weighted by atomic mass is 10.1. The molecule has 1 atom stereocenters. The van der Waals surface area contributed by atoms with Gasteiger partial charge in [-0.2, -0.15) is 0 Å². The van der Waals surface area contributed by atoms with Crippen molar-refractivity contribution < 1.29 is 9.84 Å². The van der Waals surface area contributed by atoms with Gasteiger partial charge >= 0.3 is 0 Å². The first-order chi connectivity index (χ1) is 8.75. The minimum absolute atomic E-state index is 0.274.